The molecule has 1 rings (SSSR count). The van der Waals surface area contributed by atoms with Crippen LogP contribution in [0, 0.1) is 17.1 Å². The summed E-state index contributed by atoms with van der Waals surface area (Å²) in [4.78, 5) is 3.57. The van der Waals surface area contributed by atoms with Crippen molar-refractivity contribution in [3.63, 3.8) is 0 Å². The molecule has 1 heterocycles. The van der Waals surface area contributed by atoms with E-state index in [9.17, 15) is 12.8 Å². The zero-order valence-electron chi connectivity index (χ0n) is 10.2. The second-order valence-corrected chi connectivity index (χ2v) is 5.71. The summed E-state index contributed by atoms with van der Waals surface area (Å²) < 4.78 is 39.0. The van der Waals surface area contributed by atoms with Gasteiger partial charge in [0.1, 0.15) is 0 Å². The zero-order valence-corrected chi connectivity index (χ0v) is 11.0. The lowest BCUT2D eigenvalue weighted by atomic mass is 10.3. The minimum Gasteiger partial charge on any atom is -0.241 e. The van der Waals surface area contributed by atoms with Crippen LogP contribution >= 0.6 is 0 Å². The Bertz CT molecular complexity index is 552. The van der Waals surface area contributed by atoms with Crippen molar-refractivity contribution >= 4 is 10.0 Å². The van der Waals surface area contributed by atoms with Crippen LogP contribution in [-0.4, -0.2) is 30.3 Å². The standard InChI is InChI=1S/C11H14FN3O2S/c1-9(2)15(8-4-6-13)18(16,17)11-10(12)5-3-7-14-11/h3,5,7,9H,4,8H2,1-2H3. The fourth-order valence-corrected chi connectivity index (χ4v) is 3.11. The van der Waals surface area contributed by atoms with Gasteiger partial charge in [0.2, 0.25) is 5.03 Å². The average Bonchev–Trinajstić information content (AvgIpc) is 2.29. The largest absolute Gasteiger partial charge is 0.263 e. The van der Waals surface area contributed by atoms with Gasteiger partial charge >= 0.3 is 0 Å². The summed E-state index contributed by atoms with van der Waals surface area (Å²) in [5.41, 5.74) is 0. The van der Waals surface area contributed by atoms with Gasteiger partial charge in [-0.1, -0.05) is 0 Å². The third-order valence-electron chi connectivity index (χ3n) is 2.30. The molecule has 0 aliphatic heterocycles. The first-order chi connectivity index (χ1) is 8.41. The van der Waals surface area contributed by atoms with Gasteiger partial charge in [0.15, 0.2) is 5.82 Å². The van der Waals surface area contributed by atoms with E-state index in [0.29, 0.717) is 0 Å². The van der Waals surface area contributed by atoms with Crippen molar-refractivity contribution in [1.29, 1.82) is 5.26 Å². The third-order valence-corrected chi connectivity index (χ3v) is 4.31. The number of pyridine rings is 1. The molecule has 0 fully saturated rings. The topological polar surface area (TPSA) is 74.1 Å². The first-order valence-electron chi connectivity index (χ1n) is 5.40. The molecule has 0 unspecified atom stereocenters. The highest BCUT2D eigenvalue weighted by molar-refractivity contribution is 7.89. The van der Waals surface area contributed by atoms with Crippen LogP contribution in [0.25, 0.3) is 0 Å². The van der Waals surface area contributed by atoms with Crippen molar-refractivity contribution in [1.82, 2.24) is 9.29 Å². The molecule has 0 N–H and O–H groups in total. The quantitative estimate of drug-likeness (QED) is 0.814. The number of hydrogen-bond donors (Lipinski definition) is 0. The number of rotatable bonds is 5. The van der Waals surface area contributed by atoms with E-state index in [1.54, 1.807) is 13.8 Å². The minimum absolute atomic E-state index is 0.0204. The second-order valence-electron chi connectivity index (χ2n) is 3.91. The van der Waals surface area contributed by atoms with Crippen molar-refractivity contribution < 1.29 is 12.8 Å². The van der Waals surface area contributed by atoms with E-state index < -0.39 is 20.9 Å². The number of hydrogen-bond acceptors (Lipinski definition) is 4. The van der Waals surface area contributed by atoms with E-state index >= 15 is 0 Å². The van der Waals surface area contributed by atoms with Crippen LogP contribution in [0.3, 0.4) is 0 Å². The van der Waals surface area contributed by atoms with Crippen LogP contribution in [0.15, 0.2) is 23.4 Å². The van der Waals surface area contributed by atoms with Crippen LogP contribution in [0.5, 0.6) is 0 Å². The van der Waals surface area contributed by atoms with Crippen LogP contribution in [0.1, 0.15) is 20.3 Å². The van der Waals surface area contributed by atoms with Gasteiger partial charge < -0.3 is 0 Å². The smallest absolute Gasteiger partial charge is 0.241 e. The van der Waals surface area contributed by atoms with E-state index in [4.69, 9.17) is 5.26 Å². The van der Waals surface area contributed by atoms with Crippen molar-refractivity contribution in [2.45, 2.75) is 31.3 Å². The summed E-state index contributed by atoms with van der Waals surface area (Å²) in [6.45, 7) is 3.35. The number of aromatic nitrogens is 1. The Morgan fingerprint density at radius 1 is 1.56 bits per heavy atom. The number of halogens is 1. The summed E-state index contributed by atoms with van der Waals surface area (Å²) in [5, 5.41) is 7.93. The molecule has 0 spiro atoms. The van der Waals surface area contributed by atoms with Gasteiger partial charge in [0.25, 0.3) is 10.0 Å². The summed E-state index contributed by atoms with van der Waals surface area (Å²) in [6, 6.07) is 3.87. The monoisotopic (exact) mass is 271 g/mol. The highest BCUT2D eigenvalue weighted by Gasteiger charge is 2.30. The maximum absolute atomic E-state index is 13.5. The second kappa shape index (κ2) is 5.89. The molecule has 0 saturated heterocycles. The molecule has 98 valence electrons. The highest BCUT2D eigenvalue weighted by Crippen LogP contribution is 2.18. The maximum Gasteiger partial charge on any atom is 0.263 e. The molecule has 7 heteroatoms. The van der Waals surface area contributed by atoms with Crippen molar-refractivity contribution in [2.24, 2.45) is 0 Å². The Labute approximate surface area is 106 Å². The van der Waals surface area contributed by atoms with E-state index in [1.807, 2.05) is 6.07 Å². The number of nitriles is 1. The van der Waals surface area contributed by atoms with Crippen LogP contribution in [0.4, 0.5) is 4.39 Å². The van der Waals surface area contributed by atoms with E-state index in [-0.39, 0.29) is 19.0 Å². The first kappa shape index (κ1) is 14.5. The predicted octanol–water partition coefficient (Wildman–Crippen LogP) is 1.53. The Balaban J connectivity index is 3.19. The Hall–Kier alpha value is -1.52. The highest BCUT2D eigenvalue weighted by atomic mass is 32.2. The molecule has 0 amide bonds. The van der Waals surface area contributed by atoms with Crippen molar-refractivity contribution in [3.05, 3.63) is 24.1 Å². The van der Waals surface area contributed by atoms with Gasteiger partial charge in [0, 0.05) is 25.2 Å². The summed E-state index contributed by atoms with van der Waals surface area (Å²) in [5.74, 6) is -0.889. The molecule has 0 aromatic carbocycles. The SMILES string of the molecule is CC(C)N(CCC#N)S(=O)(=O)c1ncccc1F. The van der Waals surface area contributed by atoms with Crippen LogP contribution in [0.2, 0.25) is 0 Å². The summed E-state index contributed by atoms with van der Waals surface area (Å²) >= 11 is 0. The summed E-state index contributed by atoms with van der Waals surface area (Å²) in [6.07, 6.45) is 1.27. The average molecular weight is 271 g/mol. The third kappa shape index (κ3) is 3.03. The van der Waals surface area contributed by atoms with Crippen molar-refractivity contribution in [3.8, 4) is 6.07 Å². The molecule has 0 radical (unpaired) electrons. The lowest BCUT2D eigenvalue weighted by molar-refractivity contribution is 0.356. The molecule has 18 heavy (non-hydrogen) atoms. The molecule has 0 aliphatic carbocycles. The molecule has 0 bridgehead atoms. The minimum atomic E-state index is -4.01. The Morgan fingerprint density at radius 2 is 2.22 bits per heavy atom. The molecular weight excluding hydrogens is 257 g/mol. The molecule has 0 atom stereocenters. The Kier molecular flexibility index (Phi) is 4.76. The van der Waals surface area contributed by atoms with E-state index in [2.05, 4.69) is 4.98 Å². The summed E-state index contributed by atoms with van der Waals surface area (Å²) in [7, 11) is -4.01. The molecule has 1 aromatic heterocycles. The maximum atomic E-state index is 13.5. The van der Waals surface area contributed by atoms with Crippen LogP contribution in [-0.2, 0) is 10.0 Å². The molecule has 0 saturated carbocycles. The molecule has 1 aromatic rings. The molecular formula is C11H14FN3O2S. The van der Waals surface area contributed by atoms with E-state index in [0.717, 1.165) is 10.4 Å². The first-order valence-corrected chi connectivity index (χ1v) is 6.84. The zero-order chi connectivity index (χ0) is 13.8. The van der Waals surface area contributed by atoms with Gasteiger partial charge in [-0.25, -0.2) is 17.8 Å². The normalized spacial score (nSPS) is 11.8. The fraction of sp³-hybridized carbons (Fsp3) is 0.455. The van der Waals surface area contributed by atoms with Crippen LogP contribution < -0.4 is 0 Å². The molecule has 5 nitrogen and oxygen atoms in total. The van der Waals surface area contributed by atoms with Gasteiger partial charge in [-0.05, 0) is 26.0 Å². The van der Waals surface area contributed by atoms with Gasteiger partial charge in [-0.15, -0.1) is 0 Å². The molecule has 0 aliphatic rings. The fourth-order valence-electron chi connectivity index (χ4n) is 1.49. The van der Waals surface area contributed by atoms with Crippen molar-refractivity contribution in [2.75, 3.05) is 6.54 Å². The Morgan fingerprint density at radius 3 is 2.72 bits per heavy atom. The lowest BCUT2D eigenvalue weighted by Crippen LogP contribution is -2.38. The lowest BCUT2D eigenvalue weighted by Gasteiger charge is -2.24. The van der Waals surface area contributed by atoms with E-state index in [1.165, 1.54) is 12.3 Å². The number of nitrogens with zero attached hydrogens (tertiary/aromatic N) is 3. The number of sulfonamides is 1. The van der Waals surface area contributed by atoms with Gasteiger partial charge in [0.05, 0.1) is 6.07 Å². The predicted molar refractivity (Wildman–Crippen MR) is 63.5 cm³/mol. The van der Waals surface area contributed by atoms with Gasteiger partial charge in [-0.2, -0.15) is 9.57 Å². The van der Waals surface area contributed by atoms with Gasteiger partial charge in [-0.3, -0.25) is 0 Å².